The highest BCUT2D eigenvalue weighted by atomic mass is 35.5. The van der Waals surface area contributed by atoms with Crippen molar-refractivity contribution in [1.82, 2.24) is 10.0 Å². The number of benzene rings is 1. The summed E-state index contributed by atoms with van der Waals surface area (Å²) >= 11 is 6.43. The van der Waals surface area contributed by atoms with Crippen LogP contribution in [0.3, 0.4) is 0 Å². The Morgan fingerprint density at radius 1 is 1.31 bits per heavy atom. The molecule has 1 aromatic rings. The van der Waals surface area contributed by atoms with Gasteiger partial charge in [-0.05, 0) is 23.5 Å². The highest BCUT2D eigenvalue weighted by Gasteiger charge is 2.45. The fourth-order valence-electron chi connectivity index (χ4n) is 3.97. The van der Waals surface area contributed by atoms with Crippen molar-refractivity contribution < 1.29 is 4.79 Å². The van der Waals surface area contributed by atoms with Gasteiger partial charge in [-0.2, -0.15) is 5.26 Å². The average Bonchev–Trinajstić information content (AvgIpc) is 2.52. The molecule has 0 aromatic heterocycles. The number of hydrazine groups is 1. The molecule has 2 N–H and O–H groups in total. The minimum atomic E-state index is -0.525. The fraction of sp³-hybridized carbons (Fsp3) is 0.400. The van der Waals surface area contributed by atoms with Crippen molar-refractivity contribution in [2.45, 2.75) is 32.6 Å². The van der Waals surface area contributed by atoms with Crippen molar-refractivity contribution in [1.29, 1.82) is 5.26 Å². The lowest BCUT2D eigenvalue weighted by atomic mass is 9.69. The summed E-state index contributed by atoms with van der Waals surface area (Å²) in [6, 6.07) is 9.56. The summed E-state index contributed by atoms with van der Waals surface area (Å²) in [5.41, 5.74) is 8.84. The van der Waals surface area contributed by atoms with E-state index in [-0.39, 0.29) is 11.2 Å². The van der Waals surface area contributed by atoms with Gasteiger partial charge in [0.05, 0.1) is 17.6 Å². The lowest BCUT2D eigenvalue weighted by Crippen LogP contribution is -2.47. The van der Waals surface area contributed by atoms with Gasteiger partial charge in [0.1, 0.15) is 5.82 Å². The summed E-state index contributed by atoms with van der Waals surface area (Å²) in [6.07, 6.45) is 1.14. The first-order chi connectivity index (χ1) is 12.2. The van der Waals surface area contributed by atoms with E-state index in [4.69, 9.17) is 17.3 Å². The smallest absolute Gasteiger partial charge is 0.162 e. The second-order valence-corrected chi connectivity index (χ2v) is 8.23. The predicted octanol–water partition coefficient (Wildman–Crippen LogP) is 3.55. The van der Waals surface area contributed by atoms with E-state index < -0.39 is 5.92 Å². The van der Waals surface area contributed by atoms with Crippen LogP contribution in [0.15, 0.2) is 46.9 Å². The number of nitrogens with zero attached hydrogens (tertiary/aromatic N) is 3. The van der Waals surface area contributed by atoms with Gasteiger partial charge in [-0.15, -0.1) is 0 Å². The standard InChI is InChI=1S/C20H23ClN4O/c1-20(2)9-15-18(16(26)10-20)17(12-7-5-6-8-14(12)21)13(11-22)19(23)25(15)24(3)4/h5-8,17H,9-10,23H2,1-4H3. The minimum Gasteiger partial charge on any atom is -0.383 e. The zero-order chi connectivity index (χ0) is 19.2. The molecule has 1 atom stereocenters. The van der Waals surface area contributed by atoms with Gasteiger partial charge < -0.3 is 5.73 Å². The largest absolute Gasteiger partial charge is 0.383 e. The number of nitriles is 1. The molecular weight excluding hydrogens is 348 g/mol. The van der Waals surface area contributed by atoms with Crippen molar-refractivity contribution in [3.63, 3.8) is 0 Å². The summed E-state index contributed by atoms with van der Waals surface area (Å²) in [7, 11) is 3.71. The van der Waals surface area contributed by atoms with Crippen LogP contribution in [0.2, 0.25) is 5.02 Å². The van der Waals surface area contributed by atoms with Gasteiger partial charge in [0, 0.05) is 36.8 Å². The second-order valence-electron chi connectivity index (χ2n) is 7.83. The molecule has 0 amide bonds. The van der Waals surface area contributed by atoms with Gasteiger partial charge in [-0.3, -0.25) is 9.80 Å². The Morgan fingerprint density at radius 3 is 2.54 bits per heavy atom. The van der Waals surface area contributed by atoms with Gasteiger partial charge in [-0.1, -0.05) is 43.6 Å². The topological polar surface area (TPSA) is 73.4 Å². The molecule has 1 aliphatic heterocycles. The molecule has 26 heavy (non-hydrogen) atoms. The summed E-state index contributed by atoms with van der Waals surface area (Å²) in [5, 5.41) is 14.0. The van der Waals surface area contributed by atoms with Crippen LogP contribution in [0.5, 0.6) is 0 Å². The number of hydrogen-bond acceptors (Lipinski definition) is 5. The third-order valence-electron chi connectivity index (χ3n) is 4.97. The Kier molecular flexibility index (Phi) is 4.60. The van der Waals surface area contributed by atoms with Crippen molar-refractivity contribution >= 4 is 17.4 Å². The number of carbonyl (C=O) groups is 1. The van der Waals surface area contributed by atoms with E-state index in [1.807, 2.05) is 37.3 Å². The molecule has 1 aliphatic carbocycles. The van der Waals surface area contributed by atoms with E-state index >= 15 is 0 Å². The van der Waals surface area contributed by atoms with Crippen LogP contribution < -0.4 is 5.73 Å². The van der Waals surface area contributed by atoms with E-state index in [2.05, 4.69) is 19.9 Å². The number of carbonyl (C=O) groups excluding carboxylic acids is 1. The molecule has 0 saturated heterocycles. The van der Waals surface area contributed by atoms with Gasteiger partial charge in [-0.25, -0.2) is 5.01 Å². The lowest BCUT2D eigenvalue weighted by molar-refractivity contribution is -0.119. The number of Topliss-reactive ketones (excluding diaryl/α,β-unsaturated/α-hetero) is 1. The van der Waals surface area contributed by atoms with E-state index in [0.29, 0.717) is 34.8 Å². The zero-order valence-electron chi connectivity index (χ0n) is 15.5. The number of hydrogen-bond donors (Lipinski definition) is 1. The van der Waals surface area contributed by atoms with Crippen LogP contribution in [-0.2, 0) is 4.79 Å². The number of ketones is 1. The van der Waals surface area contributed by atoms with Crippen molar-refractivity contribution in [3.8, 4) is 6.07 Å². The van der Waals surface area contributed by atoms with E-state index in [9.17, 15) is 10.1 Å². The average molecular weight is 371 g/mol. The molecular formula is C20H23ClN4O. The van der Waals surface area contributed by atoms with Crippen LogP contribution in [0.25, 0.3) is 0 Å². The second kappa shape index (κ2) is 6.46. The molecule has 1 aromatic carbocycles. The van der Waals surface area contributed by atoms with Crippen molar-refractivity contribution in [3.05, 3.63) is 57.5 Å². The van der Waals surface area contributed by atoms with Gasteiger partial charge >= 0.3 is 0 Å². The molecule has 1 unspecified atom stereocenters. The summed E-state index contributed by atoms with van der Waals surface area (Å²) in [5.74, 6) is -0.122. The number of allylic oxidation sites excluding steroid dienone is 3. The highest BCUT2D eigenvalue weighted by Crippen LogP contribution is 2.50. The maximum Gasteiger partial charge on any atom is 0.162 e. The van der Waals surface area contributed by atoms with Crippen LogP contribution in [0.1, 0.15) is 38.2 Å². The van der Waals surface area contributed by atoms with Crippen LogP contribution in [-0.4, -0.2) is 29.9 Å². The maximum atomic E-state index is 13.2. The van der Waals surface area contributed by atoms with Gasteiger partial charge in [0.15, 0.2) is 5.78 Å². The molecule has 0 radical (unpaired) electrons. The summed E-state index contributed by atoms with van der Waals surface area (Å²) < 4.78 is 0. The molecule has 6 heteroatoms. The summed E-state index contributed by atoms with van der Waals surface area (Å²) in [6.45, 7) is 4.15. The Balaban J connectivity index is 2.32. The molecule has 2 aliphatic rings. The Hall–Kier alpha value is -2.29. The molecule has 0 spiro atoms. The van der Waals surface area contributed by atoms with E-state index in [1.54, 1.807) is 11.1 Å². The third kappa shape index (κ3) is 2.90. The molecule has 0 fully saturated rings. The molecule has 136 valence electrons. The molecule has 0 bridgehead atoms. The number of nitrogens with two attached hydrogens (primary N) is 1. The number of rotatable bonds is 2. The zero-order valence-corrected chi connectivity index (χ0v) is 16.3. The van der Waals surface area contributed by atoms with Crippen molar-refractivity contribution in [2.24, 2.45) is 11.1 Å². The van der Waals surface area contributed by atoms with Crippen molar-refractivity contribution in [2.75, 3.05) is 14.1 Å². The third-order valence-corrected chi connectivity index (χ3v) is 5.31. The highest BCUT2D eigenvalue weighted by molar-refractivity contribution is 6.31. The van der Waals surface area contributed by atoms with Gasteiger partial charge in [0.25, 0.3) is 0 Å². The van der Waals surface area contributed by atoms with Gasteiger partial charge in [0.2, 0.25) is 0 Å². The fourth-order valence-corrected chi connectivity index (χ4v) is 4.21. The molecule has 1 heterocycles. The maximum absolute atomic E-state index is 13.2. The first-order valence-corrected chi connectivity index (χ1v) is 8.93. The quantitative estimate of drug-likeness (QED) is 0.861. The van der Waals surface area contributed by atoms with E-state index in [0.717, 1.165) is 11.3 Å². The Bertz CT molecular complexity index is 876. The van der Waals surface area contributed by atoms with Crippen LogP contribution >= 0.6 is 11.6 Å². The Labute approximate surface area is 159 Å². The van der Waals surface area contributed by atoms with Crippen LogP contribution in [0.4, 0.5) is 0 Å². The minimum absolute atomic E-state index is 0.0493. The SMILES string of the molecule is CN(C)N1C(N)=C(C#N)C(c2ccccc2Cl)C2=C1CC(C)(C)CC2=O. The monoisotopic (exact) mass is 370 g/mol. The normalized spacial score (nSPS) is 22.6. The van der Waals surface area contributed by atoms with Crippen LogP contribution in [0, 0.1) is 16.7 Å². The first kappa shape index (κ1) is 18.5. The number of halogens is 1. The first-order valence-electron chi connectivity index (χ1n) is 8.55. The summed E-state index contributed by atoms with van der Waals surface area (Å²) in [4.78, 5) is 13.2. The van der Waals surface area contributed by atoms with E-state index in [1.165, 1.54) is 0 Å². The molecule has 0 saturated carbocycles. The molecule has 3 rings (SSSR count). The Morgan fingerprint density at radius 2 is 1.96 bits per heavy atom. The molecule has 5 nitrogen and oxygen atoms in total. The lowest BCUT2D eigenvalue weighted by Gasteiger charge is -2.45. The predicted molar refractivity (Wildman–Crippen MR) is 102 cm³/mol.